The molecule has 0 unspecified atom stereocenters. The van der Waals surface area contributed by atoms with E-state index in [1.54, 1.807) is 32.4 Å². The Morgan fingerprint density at radius 1 is 1.32 bits per heavy atom. The van der Waals surface area contributed by atoms with Crippen LogP contribution in [0.5, 0.6) is 5.75 Å². The van der Waals surface area contributed by atoms with E-state index in [1.165, 1.54) is 0 Å². The van der Waals surface area contributed by atoms with E-state index in [0.717, 1.165) is 24.2 Å². The molecule has 0 spiro atoms. The molecule has 0 amide bonds. The van der Waals surface area contributed by atoms with Crippen molar-refractivity contribution in [1.82, 2.24) is 0 Å². The van der Waals surface area contributed by atoms with Crippen LogP contribution in [0.1, 0.15) is 17.7 Å². The van der Waals surface area contributed by atoms with Crippen molar-refractivity contribution in [3.63, 3.8) is 0 Å². The second-order valence-electron chi connectivity index (χ2n) is 4.77. The summed E-state index contributed by atoms with van der Waals surface area (Å²) in [5, 5.41) is 0.579. The van der Waals surface area contributed by atoms with Gasteiger partial charge in [-0.3, -0.25) is 4.79 Å². The largest absolute Gasteiger partial charge is 0.493 e. The minimum atomic E-state index is 0.0388. The standard InChI is InChI=1S/C15H16O4/c1-17-9-6-7-12-11(8-9)14(16)10-4-3-5-13(18-2)15(10)19-12/h3-5,9H,6-8H2,1-2H3/t9-/m0/s1. The Balaban J connectivity index is 2.25. The van der Waals surface area contributed by atoms with E-state index >= 15 is 0 Å². The summed E-state index contributed by atoms with van der Waals surface area (Å²) in [7, 11) is 3.26. The van der Waals surface area contributed by atoms with Crippen molar-refractivity contribution in [2.24, 2.45) is 0 Å². The van der Waals surface area contributed by atoms with Crippen LogP contribution in [0.3, 0.4) is 0 Å². The van der Waals surface area contributed by atoms with Crippen LogP contribution < -0.4 is 10.2 Å². The minimum Gasteiger partial charge on any atom is -0.493 e. The van der Waals surface area contributed by atoms with Crippen molar-refractivity contribution in [1.29, 1.82) is 0 Å². The quantitative estimate of drug-likeness (QED) is 0.831. The van der Waals surface area contributed by atoms with Gasteiger partial charge >= 0.3 is 0 Å². The maximum atomic E-state index is 12.5. The van der Waals surface area contributed by atoms with Gasteiger partial charge in [-0.15, -0.1) is 0 Å². The summed E-state index contributed by atoms with van der Waals surface area (Å²) in [5.74, 6) is 1.38. The topological polar surface area (TPSA) is 48.7 Å². The molecule has 1 aromatic heterocycles. The van der Waals surface area contributed by atoms with Gasteiger partial charge in [-0.05, 0) is 18.6 Å². The van der Waals surface area contributed by atoms with Gasteiger partial charge in [0.2, 0.25) is 0 Å². The van der Waals surface area contributed by atoms with Crippen LogP contribution in [0.25, 0.3) is 11.0 Å². The summed E-state index contributed by atoms with van der Waals surface area (Å²) in [6.45, 7) is 0. The number of aryl methyl sites for hydroxylation is 1. The monoisotopic (exact) mass is 260 g/mol. The normalized spacial score (nSPS) is 18.3. The first-order valence-corrected chi connectivity index (χ1v) is 6.39. The highest BCUT2D eigenvalue weighted by molar-refractivity contribution is 5.83. The van der Waals surface area contributed by atoms with Gasteiger partial charge in [-0.2, -0.15) is 0 Å². The summed E-state index contributed by atoms with van der Waals surface area (Å²) in [6, 6.07) is 5.39. The lowest BCUT2D eigenvalue weighted by molar-refractivity contribution is 0.0876. The average molecular weight is 260 g/mol. The van der Waals surface area contributed by atoms with Crippen molar-refractivity contribution in [3.05, 3.63) is 39.7 Å². The van der Waals surface area contributed by atoms with Gasteiger partial charge in [-0.1, -0.05) is 6.07 Å². The molecule has 1 atom stereocenters. The highest BCUT2D eigenvalue weighted by atomic mass is 16.5. The number of benzene rings is 1. The zero-order valence-corrected chi connectivity index (χ0v) is 11.1. The second kappa shape index (κ2) is 4.70. The van der Waals surface area contributed by atoms with Crippen molar-refractivity contribution in [2.45, 2.75) is 25.4 Å². The molecule has 0 fully saturated rings. The minimum absolute atomic E-state index is 0.0388. The van der Waals surface area contributed by atoms with E-state index in [0.29, 0.717) is 23.1 Å². The molecule has 1 aliphatic carbocycles. The molecule has 1 aromatic carbocycles. The van der Waals surface area contributed by atoms with Crippen molar-refractivity contribution in [2.75, 3.05) is 14.2 Å². The lowest BCUT2D eigenvalue weighted by Crippen LogP contribution is -2.26. The van der Waals surface area contributed by atoms with Crippen molar-refractivity contribution >= 4 is 11.0 Å². The zero-order valence-electron chi connectivity index (χ0n) is 11.1. The van der Waals surface area contributed by atoms with Gasteiger partial charge in [0.05, 0.1) is 18.6 Å². The fourth-order valence-electron chi connectivity index (χ4n) is 2.67. The van der Waals surface area contributed by atoms with Gasteiger partial charge < -0.3 is 13.9 Å². The number of para-hydroxylation sites is 1. The van der Waals surface area contributed by atoms with E-state index in [4.69, 9.17) is 13.9 Å². The summed E-state index contributed by atoms with van der Waals surface area (Å²) >= 11 is 0. The van der Waals surface area contributed by atoms with E-state index < -0.39 is 0 Å². The Morgan fingerprint density at radius 2 is 2.16 bits per heavy atom. The summed E-state index contributed by atoms with van der Waals surface area (Å²) < 4.78 is 16.5. The van der Waals surface area contributed by atoms with Gasteiger partial charge in [0.25, 0.3) is 0 Å². The first-order chi connectivity index (χ1) is 9.24. The highest BCUT2D eigenvalue weighted by Gasteiger charge is 2.24. The van der Waals surface area contributed by atoms with E-state index in [9.17, 15) is 4.79 Å². The molecule has 0 bridgehead atoms. The van der Waals surface area contributed by atoms with Crippen LogP contribution >= 0.6 is 0 Å². The predicted molar refractivity (Wildman–Crippen MR) is 71.9 cm³/mol. The zero-order chi connectivity index (χ0) is 13.4. The van der Waals surface area contributed by atoms with E-state index in [2.05, 4.69) is 0 Å². The SMILES string of the molecule is COc1cccc2c(=O)c3c(oc12)CC[C@H](OC)C3. The molecule has 100 valence electrons. The predicted octanol–water partition coefficient (Wildman–Crippen LogP) is 2.31. The molecule has 3 rings (SSSR count). The second-order valence-corrected chi connectivity index (χ2v) is 4.77. The van der Waals surface area contributed by atoms with Gasteiger partial charge in [0, 0.05) is 25.5 Å². The Bertz CT molecular complexity index is 672. The summed E-state index contributed by atoms with van der Waals surface area (Å²) in [5.41, 5.74) is 1.33. The van der Waals surface area contributed by atoms with Crippen LogP contribution in [0.2, 0.25) is 0 Å². The molecule has 4 heteroatoms. The molecular formula is C15H16O4. The molecule has 0 saturated carbocycles. The third-order valence-electron chi connectivity index (χ3n) is 3.74. The van der Waals surface area contributed by atoms with Crippen LogP contribution in [0.15, 0.2) is 27.4 Å². The number of hydrogen-bond acceptors (Lipinski definition) is 4. The van der Waals surface area contributed by atoms with Crippen molar-refractivity contribution < 1.29 is 13.9 Å². The Labute approximate surface area is 110 Å². The number of fused-ring (bicyclic) bond motifs is 2. The number of hydrogen-bond donors (Lipinski definition) is 0. The van der Waals surface area contributed by atoms with Crippen LogP contribution in [-0.2, 0) is 17.6 Å². The van der Waals surface area contributed by atoms with Crippen molar-refractivity contribution in [3.8, 4) is 5.75 Å². The van der Waals surface area contributed by atoms with Gasteiger partial charge in [0.1, 0.15) is 5.76 Å². The lowest BCUT2D eigenvalue weighted by atomic mass is 9.93. The van der Waals surface area contributed by atoms with Gasteiger partial charge in [-0.25, -0.2) is 0 Å². The molecule has 2 aromatic rings. The Kier molecular flexibility index (Phi) is 3.03. The maximum absolute atomic E-state index is 12.5. The molecule has 1 heterocycles. The molecule has 0 saturated heterocycles. The van der Waals surface area contributed by atoms with Crippen LogP contribution in [0.4, 0.5) is 0 Å². The Morgan fingerprint density at radius 3 is 2.89 bits per heavy atom. The third-order valence-corrected chi connectivity index (χ3v) is 3.74. The van der Waals surface area contributed by atoms with E-state index in [-0.39, 0.29) is 11.5 Å². The third kappa shape index (κ3) is 1.92. The molecule has 0 N–H and O–H groups in total. The number of methoxy groups -OCH3 is 2. The fraction of sp³-hybridized carbons (Fsp3) is 0.400. The molecule has 19 heavy (non-hydrogen) atoms. The smallest absolute Gasteiger partial charge is 0.196 e. The first-order valence-electron chi connectivity index (χ1n) is 6.39. The molecular weight excluding hydrogens is 244 g/mol. The van der Waals surface area contributed by atoms with Crippen LogP contribution in [-0.4, -0.2) is 20.3 Å². The molecule has 4 nitrogen and oxygen atoms in total. The fourth-order valence-corrected chi connectivity index (χ4v) is 2.67. The van der Waals surface area contributed by atoms with E-state index in [1.807, 2.05) is 0 Å². The molecule has 0 aliphatic heterocycles. The molecule has 0 radical (unpaired) electrons. The lowest BCUT2D eigenvalue weighted by Gasteiger charge is -2.22. The highest BCUT2D eigenvalue weighted by Crippen LogP contribution is 2.29. The molecule has 1 aliphatic rings. The summed E-state index contributed by atoms with van der Waals surface area (Å²) in [6.07, 6.45) is 2.35. The van der Waals surface area contributed by atoms with Crippen LogP contribution in [0, 0.1) is 0 Å². The number of ether oxygens (including phenoxy) is 2. The maximum Gasteiger partial charge on any atom is 0.196 e. The number of rotatable bonds is 2. The first kappa shape index (κ1) is 12.2. The Hall–Kier alpha value is -1.81. The summed E-state index contributed by atoms with van der Waals surface area (Å²) in [4.78, 5) is 12.5. The van der Waals surface area contributed by atoms with Gasteiger partial charge in [0.15, 0.2) is 16.8 Å². The average Bonchev–Trinajstić information content (AvgIpc) is 2.46.